The number of rotatable bonds is 5. The van der Waals surface area contributed by atoms with Crippen molar-refractivity contribution in [1.82, 2.24) is 9.97 Å². The normalized spacial score (nSPS) is 12.2. The smallest absolute Gasteiger partial charge is 0.416 e. The van der Waals surface area contributed by atoms with Gasteiger partial charge in [0, 0.05) is 11.6 Å². The Labute approximate surface area is 137 Å². The molecule has 0 N–H and O–H groups in total. The molecule has 0 amide bonds. The fourth-order valence-electron chi connectivity index (χ4n) is 2.04. The quantitative estimate of drug-likeness (QED) is 0.818. The number of hydrogen-bond acceptors (Lipinski definition) is 5. The summed E-state index contributed by atoms with van der Waals surface area (Å²) in [5.41, 5.74) is -0.778. The Bertz CT molecular complexity index is 836. The lowest BCUT2D eigenvalue weighted by molar-refractivity contribution is -0.137. The van der Waals surface area contributed by atoms with Crippen molar-refractivity contribution in [3.63, 3.8) is 0 Å². The van der Waals surface area contributed by atoms with Crippen molar-refractivity contribution in [1.29, 1.82) is 0 Å². The summed E-state index contributed by atoms with van der Waals surface area (Å²) >= 11 is 0. The second kappa shape index (κ2) is 6.76. The third kappa shape index (κ3) is 3.84. The molecular weight excluding hydrogens is 345 g/mol. The number of ether oxygens (including phenoxy) is 1. The van der Waals surface area contributed by atoms with E-state index in [4.69, 9.17) is 4.74 Å². The SMILES string of the molecule is CCOc1cc(-c2ccc(C(F)(F)F)cc2S(=O)(=O)CC)ncn1. The molecule has 2 rings (SSSR count). The van der Waals surface area contributed by atoms with E-state index in [-0.39, 0.29) is 22.9 Å². The predicted octanol–water partition coefficient (Wildman–Crippen LogP) is 3.35. The summed E-state index contributed by atoms with van der Waals surface area (Å²) in [6.07, 6.45) is -3.47. The van der Waals surface area contributed by atoms with E-state index in [0.29, 0.717) is 12.7 Å². The molecule has 0 spiro atoms. The summed E-state index contributed by atoms with van der Waals surface area (Å²) in [4.78, 5) is 7.40. The van der Waals surface area contributed by atoms with Crippen LogP contribution in [0.2, 0.25) is 0 Å². The molecule has 0 saturated carbocycles. The number of hydrogen-bond donors (Lipinski definition) is 0. The lowest BCUT2D eigenvalue weighted by atomic mass is 10.1. The van der Waals surface area contributed by atoms with Gasteiger partial charge in [-0.1, -0.05) is 13.0 Å². The third-order valence-electron chi connectivity index (χ3n) is 3.23. The maximum absolute atomic E-state index is 12.9. The average molecular weight is 360 g/mol. The van der Waals surface area contributed by atoms with Gasteiger partial charge >= 0.3 is 6.18 Å². The summed E-state index contributed by atoms with van der Waals surface area (Å²) in [7, 11) is -3.89. The second-order valence-corrected chi connectivity index (χ2v) is 7.03. The largest absolute Gasteiger partial charge is 0.478 e. The van der Waals surface area contributed by atoms with Crippen molar-refractivity contribution in [2.24, 2.45) is 0 Å². The van der Waals surface area contributed by atoms with Gasteiger partial charge in [-0.2, -0.15) is 13.2 Å². The number of benzene rings is 1. The summed E-state index contributed by atoms with van der Waals surface area (Å²) in [5, 5.41) is 0. The number of alkyl halides is 3. The van der Waals surface area contributed by atoms with Crippen LogP contribution in [0.3, 0.4) is 0 Å². The molecule has 0 aliphatic rings. The lowest BCUT2D eigenvalue weighted by Crippen LogP contribution is -2.11. The summed E-state index contributed by atoms with van der Waals surface area (Å²) in [5.74, 6) is -0.118. The van der Waals surface area contributed by atoms with E-state index in [1.807, 2.05) is 0 Å². The van der Waals surface area contributed by atoms with Crippen LogP contribution in [0.25, 0.3) is 11.3 Å². The molecule has 0 radical (unpaired) electrons. The molecule has 2 aromatic rings. The Morgan fingerprint density at radius 2 is 1.83 bits per heavy atom. The number of halogens is 3. The molecule has 0 unspecified atom stereocenters. The minimum Gasteiger partial charge on any atom is -0.478 e. The van der Waals surface area contributed by atoms with Gasteiger partial charge in [-0.15, -0.1) is 0 Å². The molecule has 130 valence electrons. The highest BCUT2D eigenvalue weighted by atomic mass is 32.2. The van der Waals surface area contributed by atoms with E-state index in [1.54, 1.807) is 6.92 Å². The molecule has 1 heterocycles. The van der Waals surface area contributed by atoms with Gasteiger partial charge in [0.15, 0.2) is 9.84 Å². The highest BCUT2D eigenvalue weighted by Gasteiger charge is 2.33. The minimum atomic E-state index is -4.64. The Kier molecular flexibility index (Phi) is 5.12. The first kappa shape index (κ1) is 18.2. The van der Waals surface area contributed by atoms with Gasteiger partial charge in [0.2, 0.25) is 5.88 Å². The van der Waals surface area contributed by atoms with Crippen LogP contribution >= 0.6 is 0 Å². The predicted molar refractivity (Wildman–Crippen MR) is 81.4 cm³/mol. The summed E-state index contributed by atoms with van der Waals surface area (Å²) in [6, 6.07) is 3.95. The van der Waals surface area contributed by atoms with Crippen LogP contribution in [0.15, 0.2) is 35.5 Å². The van der Waals surface area contributed by atoms with Crippen molar-refractivity contribution < 1.29 is 26.3 Å². The van der Waals surface area contributed by atoms with E-state index >= 15 is 0 Å². The van der Waals surface area contributed by atoms with E-state index in [9.17, 15) is 21.6 Å². The Morgan fingerprint density at radius 1 is 1.12 bits per heavy atom. The molecule has 1 aromatic carbocycles. The van der Waals surface area contributed by atoms with Crippen molar-refractivity contribution in [2.45, 2.75) is 24.9 Å². The molecule has 1 aromatic heterocycles. The van der Waals surface area contributed by atoms with Crippen LogP contribution in [0, 0.1) is 0 Å². The first-order valence-corrected chi connectivity index (χ1v) is 8.73. The van der Waals surface area contributed by atoms with Gasteiger partial charge in [0.1, 0.15) is 6.33 Å². The van der Waals surface area contributed by atoms with Crippen LogP contribution < -0.4 is 4.74 Å². The zero-order valence-electron chi connectivity index (χ0n) is 13.0. The molecule has 24 heavy (non-hydrogen) atoms. The first-order chi connectivity index (χ1) is 11.2. The molecule has 0 aliphatic heterocycles. The minimum absolute atomic E-state index is 0.0770. The van der Waals surface area contributed by atoms with E-state index in [2.05, 4.69) is 9.97 Å². The summed E-state index contributed by atoms with van der Waals surface area (Å²) < 4.78 is 68.5. The molecule has 0 atom stereocenters. The molecular formula is C15H15F3N2O3S. The molecule has 0 aliphatic carbocycles. The monoisotopic (exact) mass is 360 g/mol. The fourth-order valence-corrected chi connectivity index (χ4v) is 3.16. The molecule has 5 nitrogen and oxygen atoms in total. The van der Waals surface area contributed by atoms with Gasteiger partial charge in [0.05, 0.1) is 28.5 Å². The molecule has 0 fully saturated rings. The van der Waals surface area contributed by atoms with Crippen LogP contribution in [0.4, 0.5) is 13.2 Å². The average Bonchev–Trinajstić information content (AvgIpc) is 2.54. The standard InChI is InChI=1S/C15H15F3N2O3S/c1-3-23-14-8-12(19-9-20-14)11-6-5-10(15(16,17)18)7-13(11)24(21,22)4-2/h5-9H,3-4H2,1-2H3. The Balaban J connectivity index is 2.68. The van der Waals surface area contributed by atoms with Crippen molar-refractivity contribution in [2.75, 3.05) is 12.4 Å². The van der Waals surface area contributed by atoms with E-state index in [1.165, 1.54) is 19.3 Å². The van der Waals surface area contributed by atoms with Gasteiger partial charge in [-0.25, -0.2) is 18.4 Å². The summed E-state index contributed by atoms with van der Waals surface area (Å²) in [6.45, 7) is 3.45. The van der Waals surface area contributed by atoms with Gasteiger partial charge < -0.3 is 4.74 Å². The van der Waals surface area contributed by atoms with Crippen LogP contribution in [-0.4, -0.2) is 30.7 Å². The van der Waals surface area contributed by atoms with Crippen LogP contribution in [-0.2, 0) is 16.0 Å². The number of aromatic nitrogens is 2. The Hall–Kier alpha value is -2.16. The molecule has 0 saturated heterocycles. The zero-order chi connectivity index (χ0) is 18.0. The highest BCUT2D eigenvalue weighted by molar-refractivity contribution is 7.91. The van der Waals surface area contributed by atoms with E-state index < -0.39 is 26.5 Å². The topological polar surface area (TPSA) is 69.2 Å². The van der Waals surface area contributed by atoms with E-state index in [0.717, 1.165) is 12.1 Å². The number of sulfone groups is 1. The maximum atomic E-state index is 12.9. The second-order valence-electron chi connectivity index (χ2n) is 4.79. The fraction of sp³-hybridized carbons (Fsp3) is 0.333. The third-order valence-corrected chi connectivity index (χ3v) is 5.00. The van der Waals surface area contributed by atoms with Crippen molar-refractivity contribution >= 4 is 9.84 Å². The van der Waals surface area contributed by atoms with Gasteiger partial charge in [-0.3, -0.25) is 0 Å². The Morgan fingerprint density at radius 3 is 2.42 bits per heavy atom. The first-order valence-electron chi connectivity index (χ1n) is 7.08. The van der Waals surface area contributed by atoms with Gasteiger partial charge in [0.25, 0.3) is 0 Å². The lowest BCUT2D eigenvalue weighted by Gasteiger charge is -2.13. The zero-order valence-corrected chi connectivity index (χ0v) is 13.8. The number of nitrogens with zero attached hydrogens (tertiary/aromatic N) is 2. The van der Waals surface area contributed by atoms with Crippen LogP contribution in [0.1, 0.15) is 19.4 Å². The van der Waals surface area contributed by atoms with Crippen LogP contribution in [0.5, 0.6) is 5.88 Å². The molecule has 0 bridgehead atoms. The highest BCUT2D eigenvalue weighted by Crippen LogP contribution is 2.35. The maximum Gasteiger partial charge on any atom is 0.416 e. The molecule has 9 heteroatoms. The van der Waals surface area contributed by atoms with Crippen molar-refractivity contribution in [3.05, 3.63) is 36.2 Å². The van der Waals surface area contributed by atoms with Crippen molar-refractivity contribution in [3.8, 4) is 17.1 Å². The van der Waals surface area contributed by atoms with Gasteiger partial charge in [-0.05, 0) is 19.1 Å².